The molecule has 68 valence electrons. The maximum atomic E-state index is 5.88. The molecular formula is C9H17N3. The van der Waals surface area contributed by atoms with E-state index in [-0.39, 0.29) is 5.54 Å². The maximum absolute atomic E-state index is 5.88. The molecule has 1 aromatic rings. The third kappa shape index (κ3) is 2.34. The fourth-order valence-electron chi connectivity index (χ4n) is 1.22. The number of nitrogens with zero attached hydrogens (tertiary/aromatic N) is 2. The van der Waals surface area contributed by atoms with Crippen LogP contribution in [0, 0.1) is 13.8 Å². The molecule has 0 aliphatic rings. The molecule has 12 heavy (non-hydrogen) atoms. The van der Waals surface area contributed by atoms with E-state index in [4.69, 9.17) is 5.73 Å². The largest absolute Gasteiger partial charge is 0.324 e. The Balaban J connectivity index is 2.82. The zero-order valence-corrected chi connectivity index (χ0v) is 8.26. The summed E-state index contributed by atoms with van der Waals surface area (Å²) in [6.45, 7) is 8.82. The fourth-order valence-corrected chi connectivity index (χ4v) is 1.22. The highest BCUT2D eigenvalue weighted by Crippen LogP contribution is 2.06. The van der Waals surface area contributed by atoms with Gasteiger partial charge < -0.3 is 5.73 Å². The van der Waals surface area contributed by atoms with Crippen molar-refractivity contribution in [1.82, 2.24) is 9.78 Å². The number of nitrogens with two attached hydrogens (primary N) is 1. The molecule has 0 saturated carbocycles. The topological polar surface area (TPSA) is 43.8 Å². The van der Waals surface area contributed by atoms with Crippen LogP contribution in [0.3, 0.4) is 0 Å². The predicted molar refractivity (Wildman–Crippen MR) is 50.0 cm³/mol. The molecule has 0 aliphatic heterocycles. The fraction of sp³-hybridized carbons (Fsp3) is 0.667. The molecule has 3 nitrogen and oxygen atoms in total. The molecule has 0 bridgehead atoms. The summed E-state index contributed by atoms with van der Waals surface area (Å²) < 4.78 is 1.95. The average Bonchev–Trinajstić information content (AvgIpc) is 2.06. The molecule has 0 spiro atoms. The molecule has 0 amide bonds. The SMILES string of the molecule is Cc1cc(C)n(CC(C)(C)N)n1. The number of hydrogen-bond acceptors (Lipinski definition) is 2. The third-order valence-corrected chi connectivity index (χ3v) is 1.66. The standard InChI is InChI=1S/C9H17N3/c1-7-5-8(2)12(11-7)6-9(3,4)10/h5H,6,10H2,1-4H3. The normalized spacial score (nSPS) is 12.1. The van der Waals surface area contributed by atoms with Gasteiger partial charge in [-0.3, -0.25) is 4.68 Å². The van der Waals surface area contributed by atoms with E-state index in [1.54, 1.807) is 0 Å². The summed E-state index contributed by atoms with van der Waals surface area (Å²) in [5, 5.41) is 4.33. The van der Waals surface area contributed by atoms with Crippen molar-refractivity contribution in [2.45, 2.75) is 39.8 Å². The first-order valence-corrected chi connectivity index (χ1v) is 4.18. The van der Waals surface area contributed by atoms with Crippen molar-refractivity contribution >= 4 is 0 Å². The van der Waals surface area contributed by atoms with Crippen LogP contribution >= 0.6 is 0 Å². The van der Waals surface area contributed by atoms with E-state index in [1.165, 1.54) is 5.69 Å². The van der Waals surface area contributed by atoms with Crippen molar-refractivity contribution in [2.75, 3.05) is 0 Å². The first kappa shape index (κ1) is 9.26. The first-order chi connectivity index (χ1) is 5.38. The van der Waals surface area contributed by atoms with Crippen molar-refractivity contribution in [2.24, 2.45) is 5.73 Å². The van der Waals surface area contributed by atoms with Gasteiger partial charge in [0.15, 0.2) is 0 Å². The van der Waals surface area contributed by atoms with E-state index in [9.17, 15) is 0 Å². The highest BCUT2D eigenvalue weighted by atomic mass is 15.3. The van der Waals surface area contributed by atoms with Gasteiger partial charge in [-0.1, -0.05) is 0 Å². The van der Waals surface area contributed by atoms with Gasteiger partial charge in [0.1, 0.15) is 0 Å². The molecule has 0 fully saturated rings. The van der Waals surface area contributed by atoms with Crippen LogP contribution in [0.4, 0.5) is 0 Å². The van der Waals surface area contributed by atoms with Crippen molar-refractivity contribution in [3.8, 4) is 0 Å². The Morgan fingerprint density at radius 2 is 2.08 bits per heavy atom. The Labute approximate surface area is 73.6 Å². The second-order valence-corrected chi connectivity index (χ2v) is 4.07. The lowest BCUT2D eigenvalue weighted by Gasteiger charge is -2.19. The van der Waals surface area contributed by atoms with Crippen LogP contribution in [-0.4, -0.2) is 15.3 Å². The summed E-state index contributed by atoms with van der Waals surface area (Å²) in [5.41, 5.74) is 7.92. The molecule has 1 heterocycles. The van der Waals surface area contributed by atoms with Gasteiger partial charge in [-0.2, -0.15) is 5.10 Å². The molecule has 2 N–H and O–H groups in total. The number of hydrogen-bond donors (Lipinski definition) is 1. The van der Waals surface area contributed by atoms with Gasteiger partial charge in [-0.05, 0) is 33.8 Å². The zero-order valence-electron chi connectivity index (χ0n) is 8.26. The summed E-state index contributed by atoms with van der Waals surface area (Å²) in [6, 6.07) is 2.06. The molecule has 0 aliphatic carbocycles. The molecule has 1 rings (SSSR count). The minimum absolute atomic E-state index is 0.191. The maximum Gasteiger partial charge on any atom is 0.0596 e. The Bertz CT molecular complexity index is 268. The second-order valence-electron chi connectivity index (χ2n) is 4.07. The third-order valence-electron chi connectivity index (χ3n) is 1.66. The number of aryl methyl sites for hydroxylation is 2. The van der Waals surface area contributed by atoms with E-state index in [1.807, 2.05) is 32.4 Å². The average molecular weight is 167 g/mol. The molecule has 0 unspecified atom stereocenters. The Morgan fingerprint density at radius 3 is 2.42 bits per heavy atom. The second kappa shape index (κ2) is 2.90. The molecule has 0 aromatic carbocycles. The molecule has 0 saturated heterocycles. The van der Waals surface area contributed by atoms with Gasteiger partial charge in [0, 0.05) is 11.2 Å². The minimum Gasteiger partial charge on any atom is -0.324 e. The van der Waals surface area contributed by atoms with Gasteiger partial charge >= 0.3 is 0 Å². The molecule has 1 aromatic heterocycles. The van der Waals surface area contributed by atoms with E-state index in [0.717, 1.165) is 12.2 Å². The minimum atomic E-state index is -0.191. The van der Waals surface area contributed by atoms with Crippen LogP contribution in [-0.2, 0) is 6.54 Å². The van der Waals surface area contributed by atoms with Gasteiger partial charge in [0.2, 0.25) is 0 Å². The monoisotopic (exact) mass is 167 g/mol. The molecular weight excluding hydrogens is 150 g/mol. The Kier molecular flexibility index (Phi) is 2.24. The van der Waals surface area contributed by atoms with Gasteiger partial charge in [-0.15, -0.1) is 0 Å². The highest BCUT2D eigenvalue weighted by Gasteiger charge is 2.13. The van der Waals surface area contributed by atoms with Crippen molar-refractivity contribution in [3.05, 3.63) is 17.5 Å². The summed E-state index contributed by atoms with van der Waals surface area (Å²) in [5.74, 6) is 0. The quantitative estimate of drug-likeness (QED) is 0.720. The lowest BCUT2D eigenvalue weighted by molar-refractivity contribution is 0.402. The van der Waals surface area contributed by atoms with E-state index in [0.29, 0.717) is 0 Å². The number of aromatic nitrogens is 2. The van der Waals surface area contributed by atoms with Crippen molar-refractivity contribution < 1.29 is 0 Å². The van der Waals surface area contributed by atoms with Crippen LogP contribution in [0.15, 0.2) is 6.07 Å². The molecule has 0 radical (unpaired) electrons. The Morgan fingerprint density at radius 1 is 1.50 bits per heavy atom. The molecule has 3 heteroatoms. The predicted octanol–water partition coefficient (Wildman–Crippen LogP) is 1.24. The van der Waals surface area contributed by atoms with Crippen LogP contribution in [0.5, 0.6) is 0 Å². The summed E-state index contributed by atoms with van der Waals surface area (Å²) in [6.07, 6.45) is 0. The van der Waals surface area contributed by atoms with Gasteiger partial charge in [-0.25, -0.2) is 0 Å². The van der Waals surface area contributed by atoms with E-state index >= 15 is 0 Å². The highest BCUT2D eigenvalue weighted by molar-refractivity contribution is 5.07. The van der Waals surface area contributed by atoms with Crippen LogP contribution in [0.2, 0.25) is 0 Å². The lowest BCUT2D eigenvalue weighted by atomic mass is 10.1. The van der Waals surface area contributed by atoms with Crippen LogP contribution in [0.1, 0.15) is 25.2 Å². The van der Waals surface area contributed by atoms with Crippen molar-refractivity contribution in [3.63, 3.8) is 0 Å². The van der Waals surface area contributed by atoms with Gasteiger partial charge in [0.05, 0.1) is 12.2 Å². The summed E-state index contributed by atoms with van der Waals surface area (Å²) in [7, 11) is 0. The summed E-state index contributed by atoms with van der Waals surface area (Å²) in [4.78, 5) is 0. The lowest BCUT2D eigenvalue weighted by Crippen LogP contribution is -2.37. The van der Waals surface area contributed by atoms with E-state index in [2.05, 4.69) is 11.2 Å². The Hall–Kier alpha value is -0.830. The van der Waals surface area contributed by atoms with Crippen molar-refractivity contribution in [1.29, 1.82) is 0 Å². The zero-order chi connectivity index (χ0) is 9.35. The van der Waals surface area contributed by atoms with Crippen LogP contribution in [0.25, 0.3) is 0 Å². The van der Waals surface area contributed by atoms with Gasteiger partial charge in [0.25, 0.3) is 0 Å². The van der Waals surface area contributed by atoms with Crippen LogP contribution < -0.4 is 5.73 Å². The number of rotatable bonds is 2. The van der Waals surface area contributed by atoms with E-state index < -0.39 is 0 Å². The molecule has 0 atom stereocenters. The summed E-state index contributed by atoms with van der Waals surface area (Å²) >= 11 is 0. The smallest absolute Gasteiger partial charge is 0.0596 e. The first-order valence-electron chi connectivity index (χ1n) is 4.18.